The van der Waals surface area contributed by atoms with Crippen LogP contribution in [0.25, 0.3) is 5.65 Å². The summed E-state index contributed by atoms with van der Waals surface area (Å²) in [4.78, 5) is 4.55. The van der Waals surface area contributed by atoms with Gasteiger partial charge in [0.2, 0.25) is 0 Å². The zero-order valence-electron chi connectivity index (χ0n) is 9.98. The number of halogens is 2. The van der Waals surface area contributed by atoms with Crippen LogP contribution in [-0.4, -0.2) is 9.38 Å². The highest BCUT2D eigenvalue weighted by Crippen LogP contribution is 2.22. The molecule has 3 rings (SSSR count). The molecule has 0 fully saturated rings. The Morgan fingerprint density at radius 2 is 2.16 bits per heavy atom. The van der Waals surface area contributed by atoms with Gasteiger partial charge in [-0.15, -0.1) is 0 Å². The number of hydrogen-bond donors (Lipinski definition) is 1. The fourth-order valence-corrected chi connectivity index (χ4v) is 2.95. The molecule has 19 heavy (non-hydrogen) atoms. The molecule has 2 heterocycles. The third-order valence-corrected chi connectivity index (χ3v) is 3.93. The van der Waals surface area contributed by atoms with Crippen LogP contribution in [0.5, 0.6) is 0 Å². The average molecular weight is 384 g/mol. The Morgan fingerprint density at radius 1 is 1.26 bits per heavy atom. The number of rotatable bonds is 3. The lowest BCUT2D eigenvalue weighted by Gasteiger charge is -2.07. The van der Waals surface area contributed by atoms with E-state index >= 15 is 0 Å². The van der Waals surface area contributed by atoms with Crippen LogP contribution < -0.4 is 5.32 Å². The number of nitrogens with one attached hydrogen (secondary N) is 1. The van der Waals surface area contributed by atoms with Crippen molar-refractivity contribution in [1.29, 1.82) is 0 Å². The molecule has 0 amide bonds. The molecule has 1 N–H and O–H groups in total. The molecule has 3 aromatic rings. The lowest BCUT2D eigenvalue weighted by Crippen LogP contribution is -2.01. The van der Waals surface area contributed by atoms with Crippen molar-refractivity contribution >= 4 is 45.5 Å². The summed E-state index contributed by atoms with van der Waals surface area (Å²) in [6.07, 6.45) is 4.03. The molecule has 0 atom stereocenters. The van der Waals surface area contributed by atoms with Gasteiger partial charge in [0, 0.05) is 26.7 Å². The number of aromatic nitrogens is 2. The summed E-state index contributed by atoms with van der Waals surface area (Å²) < 4.78 is 3.12. The zero-order chi connectivity index (χ0) is 13.2. The van der Waals surface area contributed by atoms with Crippen molar-refractivity contribution in [3.63, 3.8) is 0 Å². The van der Waals surface area contributed by atoms with Crippen molar-refractivity contribution in [3.8, 4) is 0 Å². The van der Waals surface area contributed by atoms with E-state index in [0.717, 1.165) is 25.6 Å². The molecule has 0 aliphatic rings. The van der Waals surface area contributed by atoms with Crippen molar-refractivity contribution in [1.82, 2.24) is 9.38 Å². The first kappa shape index (κ1) is 12.7. The first-order valence-electron chi connectivity index (χ1n) is 5.84. The SMILES string of the molecule is Clc1ccc(NCc2cn3ccccc3n2)c(I)c1. The highest BCUT2D eigenvalue weighted by atomic mass is 127. The van der Waals surface area contributed by atoms with Gasteiger partial charge >= 0.3 is 0 Å². The Balaban J connectivity index is 1.78. The Morgan fingerprint density at radius 3 is 2.95 bits per heavy atom. The summed E-state index contributed by atoms with van der Waals surface area (Å²) in [6, 6.07) is 11.8. The number of hydrogen-bond acceptors (Lipinski definition) is 2. The average Bonchev–Trinajstić information content (AvgIpc) is 2.80. The zero-order valence-corrected chi connectivity index (χ0v) is 12.9. The second-order valence-electron chi connectivity index (χ2n) is 4.18. The van der Waals surface area contributed by atoms with Crippen molar-refractivity contribution in [2.75, 3.05) is 5.32 Å². The summed E-state index contributed by atoms with van der Waals surface area (Å²) in [7, 11) is 0. The second kappa shape index (κ2) is 5.38. The summed E-state index contributed by atoms with van der Waals surface area (Å²) in [6.45, 7) is 0.694. The van der Waals surface area contributed by atoms with E-state index in [-0.39, 0.29) is 0 Å². The Labute approximate surface area is 129 Å². The van der Waals surface area contributed by atoms with Crippen molar-refractivity contribution < 1.29 is 0 Å². The van der Waals surface area contributed by atoms with Gasteiger partial charge in [0.25, 0.3) is 0 Å². The van der Waals surface area contributed by atoms with E-state index in [9.17, 15) is 0 Å². The van der Waals surface area contributed by atoms with Crippen LogP contribution in [-0.2, 0) is 6.54 Å². The minimum absolute atomic E-state index is 0.694. The normalized spacial score (nSPS) is 10.8. The van der Waals surface area contributed by atoms with Gasteiger partial charge in [0.15, 0.2) is 0 Å². The van der Waals surface area contributed by atoms with Crippen LogP contribution in [0.15, 0.2) is 48.8 Å². The molecule has 0 unspecified atom stereocenters. The van der Waals surface area contributed by atoms with Crippen LogP contribution in [0.1, 0.15) is 5.69 Å². The number of fused-ring (bicyclic) bond motifs is 1. The summed E-state index contributed by atoms with van der Waals surface area (Å²) in [5, 5.41) is 4.13. The lowest BCUT2D eigenvalue weighted by molar-refractivity contribution is 1.08. The number of pyridine rings is 1. The maximum atomic E-state index is 5.94. The minimum atomic E-state index is 0.694. The van der Waals surface area contributed by atoms with Gasteiger partial charge in [-0.2, -0.15) is 0 Å². The van der Waals surface area contributed by atoms with Crippen LogP contribution in [0.2, 0.25) is 5.02 Å². The highest BCUT2D eigenvalue weighted by molar-refractivity contribution is 14.1. The first-order valence-corrected chi connectivity index (χ1v) is 7.29. The maximum Gasteiger partial charge on any atom is 0.137 e. The van der Waals surface area contributed by atoms with E-state index in [2.05, 4.69) is 32.9 Å². The fraction of sp³-hybridized carbons (Fsp3) is 0.0714. The Kier molecular flexibility index (Phi) is 3.61. The largest absolute Gasteiger partial charge is 0.378 e. The number of anilines is 1. The van der Waals surface area contributed by atoms with E-state index < -0.39 is 0 Å². The number of nitrogens with zero attached hydrogens (tertiary/aromatic N) is 2. The Hall–Kier alpha value is -1.27. The van der Waals surface area contributed by atoms with E-state index in [1.807, 2.05) is 53.2 Å². The third kappa shape index (κ3) is 2.84. The van der Waals surface area contributed by atoms with Crippen LogP contribution >= 0.6 is 34.2 Å². The van der Waals surface area contributed by atoms with Crippen LogP contribution in [0, 0.1) is 3.57 Å². The van der Waals surface area contributed by atoms with Gasteiger partial charge in [0.1, 0.15) is 5.65 Å². The topological polar surface area (TPSA) is 29.3 Å². The molecule has 0 spiro atoms. The molecule has 0 saturated carbocycles. The van der Waals surface area contributed by atoms with Crippen molar-refractivity contribution in [2.24, 2.45) is 0 Å². The molecule has 96 valence electrons. The first-order chi connectivity index (χ1) is 9.22. The van der Waals surface area contributed by atoms with E-state index in [1.165, 1.54) is 0 Å². The molecule has 5 heteroatoms. The van der Waals surface area contributed by atoms with E-state index in [4.69, 9.17) is 11.6 Å². The predicted molar refractivity (Wildman–Crippen MR) is 86.7 cm³/mol. The molecule has 0 bridgehead atoms. The number of imidazole rings is 1. The van der Waals surface area contributed by atoms with Crippen LogP contribution in [0.3, 0.4) is 0 Å². The van der Waals surface area contributed by atoms with E-state index in [1.54, 1.807) is 0 Å². The van der Waals surface area contributed by atoms with Gasteiger partial charge in [-0.3, -0.25) is 0 Å². The molecule has 2 aromatic heterocycles. The Bertz CT molecular complexity index is 691. The van der Waals surface area contributed by atoms with Gasteiger partial charge in [-0.05, 0) is 52.9 Å². The van der Waals surface area contributed by atoms with Crippen molar-refractivity contribution in [2.45, 2.75) is 6.54 Å². The molecular formula is C14H11ClIN3. The summed E-state index contributed by atoms with van der Waals surface area (Å²) >= 11 is 8.21. The quantitative estimate of drug-likeness (QED) is 0.687. The van der Waals surface area contributed by atoms with Gasteiger partial charge < -0.3 is 9.72 Å². The monoisotopic (exact) mass is 383 g/mol. The minimum Gasteiger partial charge on any atom is -0.378 e. The standard InChI is InChI=1S/C14H11ClIN3/c15-10-4-5-13(12(16)7-10)17-8-11-9-19-6-2-1-3-14(19)18-11/h1-7,9,17H,8H2. The second-order valence-corrected chi connectivity index (χ2v) is 5.77. The molecular weight excluding hydrogens is 373 g/mol. The van der Waals surface area contributed by atoms with E-state index in [0.29, 0.717) is 6.54 Å². The third-order valence-electron chi connectivity index (χ3n) is 2.80. The molecule has 0 saturated heterocycles. The molecule has 3 nitrogen and oxygen atoms in total. The fourth-order valence-electron chi connectivity index (χ4n) is 1.89. The lowest BCUT2D eigenvalue weighted by atomic mass is 10.3. The van der Waals surface area contributed by atoms with Crippen LogP contribution in [0.4, 0.5) is 5.69 Å². The van der Waals surface area contributed by atoms with Gasteiger partial charge in [-0.25, -0.2) is 4.98 Å². The highest BCUT2D eigenvalue weighted by Gasteiger charge is 2.03. The molecule has 0 aliphatic carbocycles. The number of benzene rings is 1. The van der Waals surface area contributed by atoms with Crippen molar-refractivity contribution in [3.05, 3.63) is 63.1 Å². The molecule has 1 aromatic carbocycles. The van der Waals surface area contributed by atoms with Gasteiger partial charge in [-0.1, -0.05) is 17.7 Å². The predicted octanol–water partition coefficient (Wildman–Crippen LogP) is 4.20. The molecule has 0 aliphatic heterocycles. The summed E-state index contributed by atoms with van der Waals surface area (Å²) in [5.41, 5.74) is 3.05. The smallest absolute Gasteiger partial charge is 0.137 e. The van der Waals surface area contributed by atoms with Gasteiger partial charge in [0.05, 0.1) is 12.2 Å². The summed E-state index contributed by atoms with van der Waals surface area (Å²) in [5.74, 6) is 0. The maximum absolute atomic E-state index is 5.94. The molecule has 0 radical (unpaired) electrons.